The third kappa shape index (κ3) is 3.41. The Hall–Kier alpha value is -3.40. The number of anilines is 1. The molecule has 1 aromatic heterocycles. The van der Waals surface area contributed by atoms with Crippen LogP contribution in [-0.2, 0) is 10.2 Å². The van der Waals surface area contributed by atoms with Crippen molar-refractivity contribution in [2.75, 3.05) is 4.90 Å². The molecule has 0 saturated carbocycles. The van der Waals surface area contributed by atoms with Gasteiger partial charge in [0.2, 0.25) is 5.88 Å². The largest absolute Gasteiger partial charge is 0.439 e. The maximum absolute atomic E-state index is 12.1. The molecule has 1 aliphatic rings. The van der Waals surface area contributed by atoms with E-state index < -0.39 is 11.6 Å². The van der Waals surface area contributed by atoms with Crippen LogP contribution in [0.4, 0.5) is 10.5 Å². The van der Waals surface area contributed by atoms with E-state index in [-0.39, 0.29) is 11.3 Å². The number of hydrogen-bond donors (Lipinski definition) is 1. The Morgan fingerprint density at radius 3 is 2.39 bits per heavy atom. The summed E-state index contributed by atoms with van der Waals surface area (Å²) in [5, 5.41) is 11.5. The Kier molecular flexibility index (Phi) is 4.59. The average Bonchev–Trinajstić information content (AvgIpc) is 2.82. The zero-order valence-corrected chi connectivity index (χ0v) is 16.5. The minimum atomic E-state index is -0.992. The van der Waals surface area contributed by atoms with Crippen molar-refractivity contribution in [3.05, 3.63) is 47.7 Å². The number of pyridine rings is 1. The SMILES string of the molecule is CC(C)(C)c1cc(C#N)ccc1Oc1ccc(N2C(=O)NC(=O)C2(C)C)cn1. The Morgan fingerprint density at radius 1 is 1.18 bits per heavy atom. The molecule has 1 aromatic carbocycles. The van der Waals surface area contributed by atoms with E-state index in [0.29, 0.717) is 22.9 Å². The molecule has 1 fully saturated rings. The van der Waals surface area contributed by atoms with Crippen LogP contribution in [0.25, 0.3) is 0 Å². The number of ether oxygens (including phenoxy) is 1. The van der Waals surface area contributed by atoms with Gasteiger partial charge in [0.15, 0.2) is 0 Å². The third-order valence-corrected chi connectivity index (χ3v) is 4.65. The quantitative estimate of drug-likeness (QED) is 0.818. The fourth-order valence-corrected chi connectivity index (χ4v) is 3.05. The van der Waals surface area contributed by atoms with Crippen molar-refractivity contribution in [2.24, 2.45) is 0 Å². The fraction of sp³-hybridized carbons (Fsp3) is 0.333. The van der Waals surface area contributed by atoms with Gasteiger partial charge in [0, 0.05) is 11.6 Å². The predicted molar refractivity (Wildman–Crippen MR) is 104 cm³/mol. The highest BCUT2D eigenvalue weighted by atomic mass is 16.5. The van der Waals surface area contributed by atoms with Gasteiger partial charge in [-0.3, -0.25) is 15.0 Å². The number of carbonyl (C=O) groups excluding carboxylic acids is 2. The molecule has 2 aromatic rings. The van der Waals surface area contributed by atoms with E-state index in [4.69, 9.17) is 10.00 Å². The van der Waals surface area contributed by atoms with Crippen LogP contribution in [0.2, 0.25) is 0 Å². The number of imide groups is 1. The van der Waals surface area contributed by atoms with Crippen LogP contribution in [0.1, 0.15) is 45.7 Å². The molecule has 0 spiro atoms. The van der Waals surface area contributed by atoms with E-state index in [0.717, 1.165) is 5.56 Å². The number of aromatic nitrogens is 1. The van der Waals surface area contributed by atoms with Crippen molar-refractivity contribution in [1.29, 1.82) is 5.26 Å². The van der Waals surface area contributed by atoms with Gasteiger partial charge in [-0.25, -0.2) is 9.78 Å². The molecule has 2 heterocycles. The van der Waals surface area contributed by atoms with E-state index in [2.05, 4.69) is 16.4 Å². The molecule has 0 aliphatic carbocycles. The monoisotopic (exact) mass is 378 g/mol. The number of nitrogens with zero attached hydrogens (tertiary/aromatic N) is 3. The van der Waals surface area contributed by atoms with Crippen LogP contribution < -0.4 is 15.0 Å². The first-order chi connectivity index (χ1) is 13.0. The molecule has 0 unspecified atom stereocenters. The molecule has 0 bridgehead atoms. The zero-order valence-electron chi connectivity index (χ0n) is 16.5. The maximum atomic E-state index is 12.1. The lowest BCUT2D eigenvalue weighted by molar-refractivity contribution is -0.122. The molecule has 3 rings (SSSR count). The molecule has 7 nitrogen and oxygen atoms in total. The second-order valence-electron chi connectivity index (χ2n) is 8.18. The second kappa shape index (κ2) is 6.64. The predicted octanol–water partition coefficient (Wildman–Crippen LogP) is 3.88. The highest BCUT2D eigenvalue weighted by Gasteiger charge is 2.46. The minimum Gasteiger partial charge on any atom is -0.439 e. The summed E-state index contributed by atoms with van der Waals surface area (Å²) >= 11 is 0. The van der Waals surface area contributed by atoms with Gasteiger partial charge in [-0.2, -0.15) is 5.26 Å². The Balaban J connectivity index is 1.89. The fourth-order valence-electron chi connectivity index (χ4n) is 3.05. The summed E-state index contributed by atoms with van der Waals surface area (Å²) in [6.07, 6.45) is 1.50. The van der Waals surface area contributed by atoms with Crippen LogP contribution in [0.3, 0.4) is 0 Å². The Morgan fingerprint density at radius 2 is 1.89 bits per heavy atom. The molecule has 144 valence electrons. The number of amides is 3. The number of hydrogen-bond acceptors (Lipinski definition) is 5. The van der Waals surface area contributed by atoms with Crippen molar-refractivity contribution in [2.45, 2.75) is 45.6 Å². The average molecular weight is 378 g/mol. The normalized spacial score (nSPS) is 15.9. The second-order valence-corrected chi connectivity index (χ2v) is 8.18. The van der Waals surface area contributed by atoms with Gasteiger partial charge in [-0.15, -0.1) is 0 Å². The van der Waals surface area contributed by atoms with Crippen molar-refractivity contribution < 1.29 is 14.3 Å². The third-order valence-electron chi connectivity index (χ3n) is 4.65. The molecule has 1 saturated heterocycles. The molecule has 7 heteroatoms. The lowest BCUT2D eigenvalue weighted by Gasteiger charge is -2.27. The molecule has 3 amide bonds. The molecule has 1 aliphatic heterocycles. The van der Waals surface area contributed by atoms with Gasteiger partial charge in [0.1, 0.15) is 11.3 Å². The molecular formula is C21H22N4O3. The first-order valence-electron chi connectivity index (χ1n) is 8.88. The van der Waals surface area contributed by atoms with Gasteiger partial charge >= 0.3 is 6.03 Å². The van der Waals surface area contributed by atoms with Crippen molar-refractivity contribution >= 4 is 17.6 Å². The highest BCUT2D eigenvalue weighted by molar-refractivity contribution is 6.16. The number of rotatable bonds is 3. The van der Waals surface area contributed by atoms with Crippen LogP contribution in [0, 0.1) is 11.3 Å². The number of carbonyl (C=O) groups is 2. The number of benzene rings is 1. The molecule has 1 N–H and O–H groups in total. The van der Waals surface area contributed by atoms with E-state index >= 15 is 0 Å². The van der Waals surface area contributed by atoms with Gasteiger partial charge in [-0.05, 0) is 43.5 Å². The first kappa shape index (κ1) is 19.4. The highest BCUT2D eigenvalue weighted by Crippen LogP contribution is 2.35. The van der Waals surface area contributed by atoms with Gasteiger partial charge in [0.25, 0.3) is 5.91 Å². The van der Waals surface area contributed by atoms with E-state index in [9.17, 15) is 9.59 Å². The summed E-state index contributed by atoms with van der Waals surface area (Å²) in [4.78, 5) is 29.7. The van der Waals surface area contributed by atoms with Crippen LogP contribution in [0.15, 0.2) is 36.5 Å². The lowest BCUT2D eigenvalue weighted by atomic mass is 9.85. The van der Waals surface area contributed by atoms with Crippen LogP contribution in [0.5, 0.6) is 11.6 Å². The lowest BCUT2D eigenvalue weighted by Crippen LogP contribution is -2.44. The van der Waals surface area contributed by atoms with E-state index in [1.165, 1.54) is 11.1 Å². The number of nitriles is 1. The summed E-state index contributed by atoms with van der Waals surface area (Å²) in [7, 11) is 0. The molecule has 0 radical (unpaired) electrons. The van der Waals surface area contributed by atoms with Gasteiger partial charge in [0.05, 0.1) is 23.5 Å². The first-order valence-corrected chi connectivity index (χ1v) is 8.88. The smallest absolute Gasteiger partial charge is 0.329 e. The van der Waals surface area contributed by atoms with Gasteiger partial charge < -0.3 is 4.74 Å². The minimum absolute atomic E-state index is 0.222. The Labute approximate surface area is 163 Å². The van der Waals surface area contributed by atoms with Crippen LogP contribution in [-0.4, -0.2) is 22.5 Å². The number of urea groups is 1. The number of nitrogens with one attached hydrogen (secondary N) is 1. The summed E-state index contributed by atoms with van der Waals surface area (Å²) < 4.78 is 5.95. The standard InChI is InChI=1S/C21H22N4O3/c1-20(2,3)15-10-13(11-22)6-8-16(15)28-17-9-7-14(12-23-17)25-19(27)24-18(26)21(25,4)5/h6-10,12H,1-5H3,(H,24,26,27). The summed E-state index contributed by atoms with van der Waals surface area (Å²) in [5.41, 5.74) is 0.737. The van der Waals surface area contributed by atoms with Crippen molar-refractivity contribution in [3.8, 4) is 17.7 Å². The Bertz CT molecular complexity index is 982. The molecule has 0 atom stereocenters. The van der Waals surface area contributed by atoms with E-state index in [1.807, 2.05) is 26.8 Å². The van der Waals surface area contributed by atoms with Crippen molar-refractivity contribution in [1.82, 2.24) is 10.3 Å². The zero-order chi connectivity index (χ0) is 20.7. The maximum Gasteiger partial charge on any atom is 0.329 e. The van der Waals surface area contributed by atoms with Crippen molar-refractivity contribution in [3.63, 3.8) is 0 Å². The van der Waals surface area contributed by atoms with Gasteiger partial charge in [-0.1, -0.05) is 20.8 Å². The summed E-state index contributed by atoms with van der Waals surface area (Å²) in [6.45, 7) is 9.46. The van der Waals surface area contributed by atoms with Crippen LogP contribution >= 0.6 is 0 Å². The topological polar surface area (TPSA) is 95.3 Å². The molecule has 28 heavy (non-hydrogen) atoms. The molecular weight excluding hydrogens is 356 g/mol. The summed E-state index contributed by atoms with van der Waals surface area (Å²) in [6, 6.07) is 10.3. The summed E-state index contributed by atoms with van der Waals surface area (Å²) in [5.74, 6) is 0.606. The van der Waals surface area contributed by atoms with E-state index in [1.54, 1.807) is 38.1 Å².